The average molecular weight is 294 g/mol. The lowest BCUT2D eigenvalue weighted by molar-refractivity contribution is -0.690. The molecule has 1 aliphatic heterocycles. The predicted molar refractivity (Wildman–Crippen MR) is 64.0 cm³/mol. The van der Waals surface area contributed by atoms with E-state index in [1.54, 1.807) is 11.4 Å². The van der Waals surface area contributed by atoms with Crippen molar-refractivity contribution in [1.82, 2.24) is 0 Å². The van der Waals surface area contributed by atoms with E-state index in [0.717, 1.165) is 0 Å². The Hall–Kier alpha value is -0.620. The van der Waals surface area contributed by atoms with Gasteiger partial charge in [0.05, 0.1) is 16.3 Å². The molecule has 7 heteroatoms. The lowest BCUT2D eigenvalue weighted by Crippen LogP contribution is -2.90. The zero-order valence-electron chi connectivity index (χ0n) is 8.52. The topological polar surface area (TPSA) is 77.0 Å². The fourth-order valence-corrected chi connectivity index (χ4v) is 3.50. The number of aliphatic carboxylic acids is 1. The number of carbonyl (C=O) groups excluding carboxylic acids is 1. The van der Waals surface area contributed by atoms with E-state index in [9.17, 15) is 15.0 Å². The molecule has 1 aromatic rings. The smallest absolute Gasteiger partial charge is 0.163 e. The molecule has 1 aliphatic rings. The van der Waals surface area contributed by atoms with E-state index in [1.807, 2.05) is 0 Å². The molecular formula is C10H9Cl2NO3S. The van der Waals surface area contributed by atoms with Crippen molar-refractivity contribution >= 4 is 40.9 Å². The van der Waals surface area contributed by atoms with E-state index in [4.69, 9.17) is 23.2 Å². The van der Waals surface area contributed by atoms with Crippen LogP contribution in [0, 0.1) is 0 Å². The van der Waals surface area contributed by atoms with Crippen molar-refractivity contribution in [3.8, 4) is 5.75 Å². The van der Waals surface area contributed by atoms with Crippen molar-refractivity contribution in [1.29, 1.82) is 0 Å². The van der Waals surface area contributed by atoms with Gasteiger partial charge in [0.2, 0.25) is 0 Å². The molecule has 0 bridgehead atoms. The van der Waals surface area contributed by atoms with Crippen LogP contribution in [0.4, 0.5) is 0 Å². The van der Waals surface area contributed by atoms with E-state index in [1.165, 1.54) is 17.8 Å². The number of aromatic hydroxyl groups is 1. The van der Waals surface area contributed by atoms with Gasteiger partial charge in [-0.1, -0.05) is 35.0 Å². The lowest BCUT2D eigenvalue weighted by atomic mass is 10.2. The molecule has 4 nitrogen and oxygen atoms in total. The number of nitrogens with two attached hydrogens (primary N) is 1. The number of rotatable bonds is 2. The van der Waals surface area contributed by atoms with Gasteiger partial charge in [0.1, 0.15) is 17.8 Å². The van der Waals surface area contributed by atoms with Gasteiger partial charge < -0.3 is 20.3 Å². The number of carboxylic acid groups (broad SMARTS) is 1. The standard InChI is InChI=1S/C10H9Cl2NO3S/c11-4-1-5(8(14)6(12)2-4)9-13-7(3-17-9)10(15)16/h1-2,7,9,13-14H,3H2,(H,15,16)/t7-,9-/m1/s1. The monoisotopic (exact) mass is 293 g/mol. The second kappa shape index (κ2) is 4.94. The molecule has 0 amide bonds. The highest BCUT2D eigenvalue weighted by molar-refractivity contribution is 7.99. The van der Waals surface area contributed by atoms with Crippen LogP contribution < -0.4 is 10.4 Å². The average Bonchev–Trinajstić information content (AvgIpc) is 2.72. The first-order valence-corrected chi connectivity index (χ1v) is 6.65. The van der Waals surface area contributed by atoms with E-state index in [2.05, 4.69) is 0 Å². The zero-order chi connectivity index (χ0) is 12.6. The minimum atomic E-state index is -1.10. The Morgan fingerprint density at radius 3 is 2.82 bits per heavy atom. The molecular weight excluding hydrogens is 285 g/mol. The molecule has 3 N–H and O–H groups in total. The minimum Gasteiger partial charge on any atom is -0.544 e. The SMILES string of the molecule is O=C([O-])[C@H]1CS[C@H](c2cc(Cl)cc(Cl)c2O)[NH2+]1. The largest absolute Gasteiger partial charge is 0.544 e. The first-order valence-electron chi connectivity index (χ1n) is 4.84. The number of benzene rings is 1. The summed E-state index contributed by atoms with van der Waals surface area (Å²) in [6, 6.07) is 2.43. The number of carboxylic acids is 1. The summed E-state index contributed by atoms with van der Waals surface area (Å²) < 4.78 is 0. The number of quaternary nitrogens is 1. The number of hydrogen-bond acceptors (Lipinski definition) is 4. The van der Waals surface area contributed by atoms with Gasteiger partial charge in [-0.3, -0.25) is 0 Å². The number of halogens is 2. The number of phenolic OH excluding ortho intramolecular Hbond substituents is 1. The fourth-order valence-electron chi connectivity index (χ4n) is 1.67. The van der Waals surface area contributed by atoms with Gasteiger partial charge >= 0.3 is 0 Å². The fraction of sp³-hybridized carbons (Fsp3) is 0.300. The summed E-state index contributed by atoms with van der Waals surface area (Å²) in [6.07, 6.45) is 0. The predicted octanol–water partition coefficient (Wildman–Crippen LogP) is 0.126. The van der Waals surface area contributed by atoms with Crippen molar-refractivity contribution < 1.29 is 20.3 Å². The van der Waals surface area contributed by atoms with Gasteiger partial charge in [0, 0.05) is 5.02 Å². The third-order valence-electron chi connectivity index (χ3n) is 2.53. The van der Waals surface area contributed by atoms with Gasteiger partial charge in [-0.2, -0.15) is 0 Å². The van der Waals surface area contributed by atoms with Crippen molar-refractivity contribution in [2.45, 2.75) is 11.4 Å². The second-order valence-electron chi connectivity index (χ2n) is 3.70. The van der Waals surface area contributed by atoms with Crippen molar-refractivity contribution in [2.24, 2.45) is 0 Å². The summed E-state index contributed by atoms with van der Waals surface area (Å²) in [5, 5.41) is 22.5. The molecule has 0 spiro atoms. The van der Waals surface area contributed by atoms with Crippen molar-refractivity contribution in [3.05, 3.63) is 27.7 Å². The summed E-state index contributed by atoms with van der Waals surface area (Å²) in [5.74, 6) is -0.729. The maximum atomic E-state index is 10.7. The highest BCUT2D eigenvalue weighted by atomic mass is 35.5. The number of hydrogen-bond donors (Lipinski definition) is 2. The molecule has 2 atom stereocenters. The first-order chi connectivity index (χ1) is 7.99. The van der Waals surface area contributed by atoms with E-state index in [-0.39, 0.29) is 16.1 Å². The molecule has 2 rings (SSSR count). The third-order valence-corrected chi connectivity index (χ3v) is 4.36. The summed E-state index contributed by atoms with van der Waals surface area (Å²) >= 11 is 13.1. The molecule has 0 radical (unpaired) electrons. The Morgan fingerprint density at radius 1 is 1.53 bits per heavy atom. The normalized spacial score (nSPS) is 23.9. The highest BCUT2D eigenvalue weighted by Gasteiger charge is 2.33. The number of thioether (sulfide) groups is 1. The summed E-state index contributed by atoms with van der Waals surface area (Å²) in [5.41, 5.74) is 0.538. The van der Waals surface area contributed by atoms with Crippen LogP contribution in [0.5, 0.6) is 5.75 Å². The lowest BCUT2D eigenvalue weighted by Gasteiger charge is -2.13. The van der Waals surface area contributed by atoms with Crippen LogP contribution in [0.1, 0.15) is 10.9 Å². The van der Waals surface area contributed by atoms with Crippen molar-refractivity contribution in [3.63, 3.8) is 0 Å². The second-order valence-corrected chi connectivity index (χ2v) is 5.72. The van der Waals surface area contributed by atoms with Gasteiger partial charge in [-0.05, 0) is 12.1 Å². The molecule has 0 unspecified atom stereocenters. The van der Waals surface area contributed by atoms with Crippen LogP contribution in [0.15, 0.2) is 12.1 Å². The molecule has 1 aromatic carbocycles. The Bertz CT molecular complexity index is 469. The van der Waals surface area contributed by atoms with Gasteiger partial charge in [0.25, 0.3) is 0 Å². The highest BCUT2D eigenvalue weighted by Crippen LogP contribution is 2.38. The molecule has 0 aliphatic carbocycles. The van der Waals surface area contributed by atoms with Gasteiger partial charge in [-0.25, -0.2) is 0 Å². The quantitative estimate of drug-likeness (QED) is 0.812. The Morgan fingerprint density at radius 2 is 2.24 bits per heavy atom. The molecule has 92 valence electrons. The zero-order valence-corrected chi connectivity index (χ0v) is 10.9. The van der Waals surface area contributed by atoms with E-state index >= 15 is 0 Å². The third kappa shape index (κ3) is 2.63. The van der Waals surface area contributed by atoms with Crippen LogP contribution in [-0.4, -0.2) is 22.9 Å². The van der Waals surface area contributed by atoms with Gasteiger partial charge in [0.15, 0.2) is 5.37 Å². The molecule has 1 saturated heterocycles. The molecule has 0 aromatic heterocycles. The molecule has 1 heterocycles. The molecule has 0 saturated carbocycles. The van der Waals surface area contributed by atoms with E-state index < -0.39 is 12.0 Å². The Labute approximate surface area is 112 Å². The number of phenols is 1. The van der Waals surface area contributed by atoms with Crippen LogP contribution in [0.2, 0.25) is 10.0 Å². The minimum absolute atomic E-state index is 0.0520. The van der Waals surface area contributed by atoms with Crippen LogP contribution in [-0.2, 0) is 4.79 Å². The van der Waals surface area contributed by atoms with Crippen LogP contribution >= 0.6 is 35.0 Å². The maximum Gasteiger partial charge on any atom is 0.163 e. The summed E-state index contributed by atoms with van der Waals surface area (Å²) in [6.45, 7) is 0. The molecule has 17 heavy (non-hydrogen) atoms. The molecule has 1 fully saturated rings. The van der Waals surface area contributed by atoms with Gasteiger partial charge in [-0.15, -0.1) is 0 Å². The summed E-state index contributed by atoms with van der Waals surface area (Å²) in [4.78, 5) is 10.7. The maximum absolute atomic E-state index is 10.7. The first kappa shape index (κ1) is 12.8. The van der Waals surface area contributed by atoms with Crippen molar-refractivity contribution in [2.75, 3.05) is 5.75 Å². The Kier molecular flexibility index (Phi) is 3.73. The Balaban J connectivity index is 2.27. The van der Waals surface area contributed by atoms with E-state index in [0.29, 0.717) is 16.3 Å². The summed E-state index contributed by atoms with van der Waals surface area (Å²) in [7, 11) is 0. The van der Waals surface area contributed by atoms with Crippen LogP contribution in [0.3, 0.4) is 0 Å². The number of carbonyl (C=O) groups is 1. The van der Waals surface area contributed by atoms with Crippen LogP contribution in [0.25, 0.3) is 0 Å².